The highest BCUT2D eigenvalue weighted by Crippen LogP contribution is 2.51. The number of nitrogens with zero attached hydrogens (tertiary/aromatic N) is 5. The molecule has 0 amide bonds. The molecule has 11 aromatic rings. The highest BCUT2D eigenvalue weighted by molar-refractivity contribution is 6.24. The lowest BCUT2D eigenvalue weighted by molar-refractivity contribution is 0.332. The van der Waals surface area contributed by atoms with Crippen molar-refractivity contribution < 1.29 is 0 Å². The van der Waals surface area contributed by atoms with Crippen LogP contribution in [-0.4, -0.2) is 24.1 Å². The molecule has 0 saturated heterocycles. The topological polar surface area (TPSA) is 48.5 Å². The maximum atomic E-state index is 5.62. The fraction of sp³-hybridized carbons (Fsp3) is 0.183. The predicted octanol–water partition coefficient (Wildman–Crippen LogP) is 15.2. The molecule has 0 aliphatic heterocycles. The van der Waals surface area contributed by atoms with E-state index >= 15 is 0 Å². The first-order chi connectivity index (χ1) is 31.5. The summed E-state index contributed by atoms with van der Waals surface area (Å²) in [5, 5.41) is 7.12. The van der Waals surface area contributed by atoms with Crippen LogP contribution in [0.15, 0.2) is 164 Å². The molecule has 5 heteroatoms. The number of benzene rings is 8. The van der Waals surface area contributed by atoms with Gasteiger partial charge in [-0.15, -0.1) is 0 Å². The molecule has 5 nitrogen and oxygen atoms in total. The molecule has 2 aliphatic rings. The van der Waals surface area contributed by atoms with Crippen LogP contribution in [0.25, 0.3) is 99.9 Å². The number of para-hydroxylation sites is 2. The molecule has 2 aliphatic carbocycles. The average molecular weight is 840 g/mol. The van der Waals surface area contributed by atoms with Gasteiger partial charge in [0.1, 0.15) is 0 Å². The van der Waals surface area contributed by atoms with Crippen molar-refractivity contribution in [1.82, 2.24) is 24.1 Å². The first kappa shape index (κ1) is 38.1. The summed E-state index contributed by atoms with van der Waals surface area (Å²) < 4.78 is 4.83. The van der Waals surface area contributed by atoms with Crippen LogP contribution in [0, 0.1) is 0 Å². The third kappa shape index (κ3) is 5.48. The van der Waals surface area contributed by atoms with Crippen LogP contribution < -0.4 is 0 Å². The Hall–Kier alpha value is -7.37. The van der Waals surface area contributed by atoms with Gasteiger partial charge in [0.15, 0.2) is 11.6 Å². The van der Waals surface area contributed by atoms with Crippen molar-refractivity contribution in [2.24, 2.45) is 0 Å². The fourth-order valence-electron chi connectivity index (χ4n) is 11.6. The number of aromatic nitrogens is 5. The van der Waals surface area contributed by atoms with Crippen LogP contribution in [0.3, 0.4) is 0 Å². The summed E-state index contributed by atoms with van der Waals surface area (Å²) in [5.41, 5.74) is 15.4. The van der Waals surface area contributed by atoms with E-state index in [4.69, 9.17) is 15.0 Å². The zero-order valence-corrected chi connectivity index (χ0v) is 37.7. The third-order valence-electron chi connectivity index (χ3n) is 15.2. The van der Waals surface area contributed by atoms with Gasteiger partial charge in [-0.05, 0) is 110 Å². The van der Waals surface area contributed by atoms with Crippen molar-refractivity contribution in [3.05, 3.63) is 186 Å². The second-order valence-corrected chi connectivity index (χ2v) is 20.3. The van der Waals surface area contributed by atoms with Crippen molar-refractivity contribution in [3.63, 3.8) is 0 Å². The SMILES string of the molecule is CC1(C)CCC(C)(C)c2cc3c(cc21)c1ccc2c4ccccc4n(-c4ccccc4)c2c1n3-c1nc(-c2ccc3c(c2)-c2ccccc2C3(C)C)nc(-c2ccc3ccccc3c2)n1. The summed E-state index contributed by atoms with van der Waals surface area (Å²) in [6.45, 7) is 14.3. The molecule has 0 unspecified atom stereocenters. The number of hydrogen-bond acceptors (Lipinski definition) is 3. The van der Waals surface area contributed by atoms with E-state index in [1.807, 2.05) is 0 Å². The van der Waals surface area contributed by atoms with Gasteiger partial charge in [-0.25, -0.2) is 4.98 Å². The van der Waals surface area contributed by atoms with Gasteiger partial charge in [0.05, 0.1) is 22.1 Å². The Morgan fingerprint density at radius 1 is 0.400 bits per heavy atom. The van der Waals surface area contributed by atoms with Gasteiger partial charge in [-0.3, -0.25) is 4.57 Å². The number of rotatable bonds is 4. The van der Waals surface area contributed by atoms with E-state index in [1.54, 1.807) is 0 Å². The summed E-state index contributed by atoms with van der Waals surface area (Å²) in [6.07, 6.45) is 2.25. The molecule has 0 N–H and O–H groups in total. The van der Waals surface area contributed by atoms with Crippen molar-refractivity contribution in [1.29, 1.82) is 0 Å². The van der Waals surface area contributed by atoms with Crippen molar-refractivity contribution in [2.75, 3.05) is 0 Å². The Kier molecular flexibility index (Phi) is 7.82. The fourth-order valence-corrected chi connectivity index (χ4v) is 11.6. The molecule has 0 radical (unpaired) electrons. The molecular formula is C60H49N5. The van der Waals surface area contributed by atoms with E-state index < -0.39 is 0 Å². The minimum Gasteiger partial charge on any atom is -0.307 e. The van der Waals surface area contributed by atoms with Crippen molar-refractivity contribution >= 4 is 54.4 Å². The zero-order chi connectivity index (χ0) is 44.0. The summed E-state index contributed by atoms with van der Waals surface area (Å²) in [6, 6.07) is 60.0. The van der Waals surface area contributed by atoms with Crippen LogP contribution in [0.1, 0.15) is 76.6 Å². The third-order valence-corrected chi connectivity index (χ3v) is 15.2. The lowest BCUT2D eigenvalue weighted by Crippen LogP contribution is -2.33. The Bertz CT molecular complexity index is 3810. The van der Waals surface area contributed by atoms with E-state index in [9.17, 15) is 0 Å². The molecular weight excluding hydrogens is 791 g/mol. The van der Waals surface area contributed by atoms with Crippen molar-refractivity contribution in [2.45, 2.75) is 70.6 Å². The molecule has 0 saturated carbocycles. The minimum absolute atomic E-state index is 0.0103. The highest BCUT2D eigenvalue weighted by Gasteiger charge is 2.39. The largest absolute Gasteiger partial charge is 0.307 e. The predicted molar refractivity (Wildman–Crippen MR) is 270 cm³/mol. The Balaban J connectivity index is 1.19. The highest BCUT2D eigenvalue weighted by atomic mass is 15.2. The van der Waals surface area contributed by atoms with Crippen LogP contribution >= 0.6 is 0 Å². The maximum absolute atomic E-state index is 5.62. The van der Waals surface area contributed by atoms with Gasteiger partial charge in [-0.1, -0.05) is 163 Å². The molecule has 0 fully saturated rings. The summed E-state index contributed by atoms with van der Waals surface area (Å²) in [7, 11) is 0. The van der Waals surface area contributed by atoms with E-state index in [2.05, 4.69) is 214 Å². The lowest BCUT2D eigenvalue weighted by atomic mass is 9.63. The van der Waals surface area contributed by atoms with Gasteiger partial charge in [0, 0.05) is 43.8 Å². The zero-order valence-electron chi connectivity index (χ0n) is 37.7. The monoisotopic (exact) mass is 839 g/mol. The Morgan fingerprint density at radius 2 is 1.00 bits per heavy atom. The second kappa shape index (κ2) is 13.3. The van der Waals surface area contributed by atoms with E-state index in [0.29, 0.717) is 17.6 Å². The summed E-state index contributed by atoms with van der Waals surface area (Å²) in [5.74, 6) is 1.89. The maximum Gasteiger partial charge on any atom is 0.238 e. The van der Waals surface area contributed by atoms with E-state index in [-0.39, 0.29) is 16.2 Å². The molecule has 65 heavy (non-hydrogen) atoms. The van der Waals surface area contributed by atoms with Crippen LogP contribution in [0.4, 0.5) is 0 Å². The van der Waals surface area contributed by atoms with Crippen LogP contribution in [0.2, 0.25) is 0 Å². The van der Waals surface area contributed by atoms with Crippen molar-refractivity contribution in [3.8, 4) is 45.5 Å². The van der Waals surface area contributed by atoms with Gasteiger partial charge in [0.25, 0.3) is 0 Å². The molecule has 8 aromatic carbocycles. The lowest BCUT2D eigenvalue weighted by Gasteiger charge is -2.42. The molecule has 314 valence electrons. The van der Waals surface area contributed by atoms with Crippen LogP contribution in [0.5, 0.6) is 0 Å². The number of fused-ring (bicyclic) bond motifs is 12. The van der Waals surface area contributed by atoms with E-state index in [1.165, 1.54) is 60.3 Å². The number of hydrogen-bond donors (Lipinski definition) is 0. The summed E-state index contributed by atoms with van der Waals surface area (Å²) >= 11 is 0. The average Bonchev–Trinajstić information content (AvgIpc) is 3.93. The molecule has 0 spiro atoms. The smallest absolute Gasteiger partial charge is 0.238 e. The molecule has 3 heterocycles. The standard InChI is InChI=1S/C60H49N5/c1-58(2)30-31-59(3,4)50-35-52-46(34-49(50)58)44-28-27-43-42-21-13-15-23-51(42)64(40-18-8-7-9-19-40)53(43)54(44)65(52)57-62-55(38-25-24-36-16-10-11-17-37(36)32-38)61-56(63-57)39-26-29-48-45(33-39)41-20-12-14-22-47(41)60(48,5)6/h7-29,32-35H,30-31H2,1-6H3. The van der Waals surface area contributed by atoms with Crippen LogP contribution in [-0.2, 0) is 16.2 Å². The molecule has 3 aromatic heterocycles. The van der Waals surface area contributed by atoms with Gasteiger partial charge in [-0.2, -0.15) is 9.97 Å². The first-order valence-corrected chi connectivity index (χ1v) is 23.1. The van der Waals surface area contributed by atoms with Gasteiger partial charge >= 0.3 is 0 Å². The normalized spacial score (nSPS) is 15.8. The second-order valence-electron chi connectivity index (χ2n) is 20.3. The quantitative estimate of drug-likeness (QED) is 0.177. The molecule has 0 bridgehead atoms. The van der Waals surface area contributed by atoms with Gasteiger partial charge in [0.2, 0.25) is 5.95 Å². The first-order valence-electron chi connectivity index (χ1n) is 23.1. The van der Waals surface area contributed by atoms with Gasteiger partial charge < -0.3 is 4.57 Å². The molecule has 0 atom stereocenters. The Morgan fingerprint density at radius 3 is 1.78 bits per heavy atom. The minimum atomic E-state index is -0.113. The summed E-state index contributed by atoms with van der Waals surface area (Å²) in [4.78, 5) is 16.6. The Labute approximate surface area is 379 Å². The van der Waals surface area contributed by atoms with E-state index in [0.717, 1.165) is 57.1 Å². The molecule has 13 rings (SSSR count).